The normalized spacial score (nSPS) is 13.9. The molecule has 3 aliphatic rings. The smallest absolute Gasteiger partial charge is 0.298 e. The second-order valence-electron chi connectivity index (χ2n) is 19.6. The van der Waals surface area contributed by atoms with Crippen molar-refractivity contribution in [2.24, 2.45) is 37.2 Å². The maximum Gasteiger partial charge on any atom is 0.298 e. The number of fused-ring (bicyclic) bond motifs is 6. The van der Waals surface area contributed by atoms with E-state index in [0.29, 0.717) is 78.2 Å². The van der Waals surface area contributed by atoms with Gasteiger partial charge in [0.1, 0.15) is 34.6 Å². The Bertz CT molecular complexity index is 4240. The van der Waals surface area contributed by atoms with Crippen LogP contribution in [0, 0.1) is 19.4 Å². The van der Waals surface area contributed by atoms with Gasteiger partial charge in [0.25, 0.3) is 23.5 Å². The molecule has 9 aromatic rings. The molecule has 5 aromatic heterocycles. The van der Waals surface area contributed by atoms with Crippen molar-refractivity contribution in [2.75, 3.05) is 16.0 Å². The summed E-state index contributed by atoms with van der Waals surface area (Å²) in [4.78, 5) is 65.7. The number of nitrogens with two attached hydrogens (primary N) is 2. The lowest BCUT2D eigenvalue weighted by Gasteiger charge is -2.23. The second kappa shape index (κ2) is 24.5. The van der Waals surface area contributed by atoms with E-state index in [0.717, 1.165) is 12.4 Å². The summed E-state index contributed by atoms with van der Waals surface area (Å²) in [5.74, 6) is 3.14. The number of Topliss-reactive ketones (excluding diaryl/α,β-unsaturated/α-hetero) is 1. The van der Waals surface area contributed by atoms with Gasteiger partial charge in [-0.1, -0.05) is 39.8 Å². The number of aromatic hydroxyl groups is 7. The fraction of sp³-hybridized carbons (Fsp3) is 0.138. The average molecular weight is 1170 g/mol. The summed E-state index contributed by atoms with van der Waals surface area (Å²) in [6, 6.07) is 16.6. The van der Waals surface area contributed by atoms with Crippen LogP contribution in [0.3, 0.4) is 0 Å². The van der Waals surface area contributed by atoms with E-state index in [1.807, 2.05) is 27.7 Å². The number of anilines is 3. The summed E-state index contributed by atoms with van der Waals surface area (Å²) < 4.78 is 0. The molecule has 0 unspecified atom stereocenters. The number of carbonyl (C=O) groups is 4. The minimum absolute atomic E-state index is 0. The molecule has 0 fully saturated rings. The quantitative estimate of drug-likeness (QED) is 0.0178. The summed E-state index contributed by atoms with van der Waals surface area (Å²) in [7, 11) is 0. The predicted molar refractivity (Wildman–Crippen MR) is 320 cm³/mol. The molecule has 438 valence electrons. The van der Waals surface area contributed by atoms with Gasteiger partial charge in [-0.2, -0.15) is 15.3 Å². The highest BCUT2D eigenvalue weighted by Crippen LogP contribution is 2.54. The summed E-state index contributed by atoms with van der Waals surface area (Å²) in [6.45, 7) is 10.7. The standard InChI is InChI=1S/C44H38N8O8.C7H6N4O.C7H4N2O2.H4N2.H2O/c1-17(2)27-23-13-19(5)29(37(55)31(23)25(35(53)39(27)57)15-47-51-33-21-9-7-11-45-41(21)49-43(33)59)30-20(6)14-24-28(18(3)4)40(58)36(54)26(32(24)38(30)56)16-48-52-34-22-10-8-12-46-42(22)50-44(34)60;8-11-5-4-2-1-3-9-6(4)10-7(5)12;10-5-4-2-1-3-8-6(4)9-7(5)11;1-2;/h7-18,53-58H,1-6H3,(H,45,49,51,59)(H,46,50,52,60);1-3,8,12H,(H,9,10);1-3H,(H,8,9,10,11);1-2H2;1H2/b47-15+,48-16+;;;;. The Balaban J connectivity index is 0.000000302. The highest BCUT2D eigenvalue weighted by Gasteiger charge is 2.32. The zero-order valence-corrected chi connectivity index (χ0v) is 46.3. The molecule has 18 N–H and O–H groups in total. The number of aryl methyl sites for hydroxylation is 2. The Labute approximate surface area is 485 Å². The molecule has 28 heteroatoms. The molecule has 0 spiro atoms. The first kappa shape index (κ1) is 60.5. The van der Waals surface area contributed by atoms with Crippen molar-refractivity contribution in [1.82, 2.24) is 24.9 Å². The number of benzene rings is 4. The minimum Gasteiger partial charge on any atom is -0.507 e. The van der Waals surface area contributed by atoms with Gasteiger partial charge in [-0.3, -0.25) is 30.9 Å². The van der Waals surface area contributed by atoms with E-state index >= 15 is 0 Å². The number of aromatic amines is 1. The highest BCUT2D eigenvalue weighted by atomic mass is 16.3. The van der Waals surface area contributed by atoms with E-state index in [4.69, 9.17) is 5.53 Å². The van der Waals surface area contributed by atoms with Gasteiger partial charge in [0.2, 0.25) is 5.88 Å². The molecule has 28 nitrogen and oxygen atoms in total. The minimum atomic E-state index is -0.603. The molecule has 0 saturated heterocycles. The molecule has 0 atom stereocenters. The van der Waals surface area contributed by atoms with Crippen LogP contribution in [0.4, 0.5) is 23.1 Å². The van der Waals surface area contributed by atoms with Crippen LogP contribution in [0.2, 0.25) is 0 Å². The number of phenolic OH excluding ortho intramolecular Hbond substituents is 6. The maximum absolute atomic E-state index is 12.7. The van der Waals surface area contributed by atoms with Crippen molar-refractivity contribution in [3.8, 4) is 51.5 Å². The van der Waals surface area contributed by atoms with E-state index < -0.39 is 58.0 Å². The third-order valence-corrected chi connectivity index (χ3v) is 13.8. The lowest BCUT2D eigenvalue weighted by molar-refractivity contribution is -0.112. The molecular formula is C58H54N16O12. The lowest BCUT2D eigenvalue weighted by Crippen LogP contribution is -2.13. The van der Waals surface area contributed by atoms with E-state index in [1.165, 1.54) is 18.6 Å². The Morgan fingerprint density at radius 1 is 0.535 bits per heavy atom. The lowest BCUT2D eigenvalue weighted by atomic mass is 9.83. The van der Waals surface area contributed by atoms with Crippen LogP contribution < -0.4 is 27.6 Å². The van der Waals surface area contributed by atoms with Crippen molar-refractivity contribution in [3.05, 3.63) is 136 Å². The number of hydrogen-bond donors (Lipinski definition) is 14. The van der Waals surface area contributed by atoms with Gasteiger partial charge in [0.05, 0.1) is 45.6 Å². The number of H-pyrrole nitrogens is 1. The van der Waals surface area contributed by atoms with Gasteiger partial charge < -0.3 is 62.2 Å². The number of hydrogen-bond acceptors (Lipinski definition) is 23. The van der Waals surface area contributed by atoms with Crippen LogP contribution in [0.15, 0.2) is 111 Å². The average Bonchev–Trinajstić information content (AvgIpc) is 1.07. The number of phenols is 6. The number of amides is 3. The van der Waals surface area contributed by atoms with Crippen LogP contribution in [0.5, 0.6) is 40.4 Å². The predicted octanol–water partition coefficient (Wildman–Crippen LogP) is 7.24. The van der Waals surface area contributed by atoms with Gasteiger partial charge in [0, 0.05) is 57.8 Å². The molecular weight excluding hydrogens is 1110 g/mol. The largest absolute Gasteiger partial charge is 0.507 e. The van der Waals surface area contributed by atoms with Crippen molar-refractivity contribution in [3.63, 3.8) is 0 Å². The zero-order valence-electron chi connectivity index (χ0n) is 46.3. The van der Waals surface area contributed by atoms with Gasteiger partial charge in [-0.25, -0.2) is 25.5 Å². The Morgan fingerprint density at radius 3 is 1.35 bits per heavy atom. The van der Waals surface area contributed by atoms with E-state index in [2.05, 4.69) is 78.1 Å². The number of ketones is 1. The summed E-state index contributed by atoms with van der Waals surface area (Å²) >= 11 is 0. The van der Waals surface area contributed by atoms with E-state index in [-0.39, 0.29) is 73.3 Å². The van der Waals surface area contributed by atoms with Gasteiger partial charge >= 0.3 is 0 Å². The van der Waals surface area contributed by atoms with Crippen LogP contribution >= 0.6 is 0 Å². The molecule has 0 aliphatic carbocycles. The third-order valence-electron chi connectivity index (χ3n) is 13.8. The Hall–Kier alpha value is -11.6. The number of rotatable bonds is 8. The van der Waals surface area contributed by atoms with Crippen LogP contribution in [-0.2, 0) is 14.4 Å². The molecule has 3 amide bonds. The summed E-state index contributed by atoms with van der Waals surface area (Å²) in [5.41, 5.74) is 10.3. The second-order valence-corrected chi connectivity index (χ2v) is 19.6. The zero-order chi connectivity index (χ0) is 61.3. The van der Waals surface area contributed by atoms with Gasteiger partial charge in [0.15, 0.2) is 40.1 Å². The molecule has 0 bridgehead atoms. The third kappa shape index (κ3) is 10.6. The first-order chi connectivity index (χ1) is 40.7. The van der Waals surface area contributed by atoms with Crippen molar-refractivity contribution >= 4 is 103 Å². The molecule has 12 rings (SSSR count). The number of aromatic nitrogens is 5. The molecule has 3 aliphatic heterocycles. The Kier molecular flexibility index (Phi) is 17.2. The number of carbonyl (C=O) groups excluding carboxylic acids is 4. The summed E-state index contributed by atoms with van der Waals surface area (Å²) in [6.07, 6.45) is 8.39. The monoisotopic (exact) mass is 1170 g/mol. The first-order valence-corrected chi connectivity index (χ1v) is 25.6. The number of pyridine rings is 4. The fourth-order valence-electron chi connectivity index (χ4n) is 10.2. The number of nitrogens with zero attached hydrogens (tertiary/aromatic N) is 9. The van der Waals surface area contributed by atoms with Crippen LogP contribution in [-0.4, -0.2) is 113 Å². The topological polar surface area (TPSA) is 483 Å². The fourth-order valence-corrected chi connectivity index (χ4v) is 10.2. The van der Waals surface area contributed by atoms with Gasteiger partial charge in [-0.05, 0) is 96.1 Å². The highest BCUT2D eigenvalue weighted by molar-refractivity contribution is 6.54. The first-order valence-electron chi connectivity index (χ1n) is 25.6. The van der Waals surface area contributed by atoms with Crippen LogP contribution in [0.25, 0.3) is 43.7 Å². The molecule has 4 aromatic carbocycles. The maximum atomic E-state index is 12.7. The van der Waals surface area contributed by atoms with Gasteiger partial charge in [-0.15, -0.1) is 10.2 Å². The SMILES string of the molecule is Cc1cc2c(C(C)C)c(O)c(O)c(/C=N/N=C3\C(=O)Nc4ncccc43)c2c(O)c1-c1c(C)cc2c(C(C)C)c(O)c(O)c(/C=N/N=C3/C(=O)Nc4ncccc43)c2c1O.N=Nc1c(O)[nH]c2ncccc12.NN.O.O=C1Nc2ncccc2C1=O. The number of hydrazine groups is 1. The molecule has 0 radical (unpaired) electrons. The molecule has 0 saturated carbocycles. The molecule has 8 heterocycles. The van der Waals surface area contributed by atoms with E-state index in [9.17, 15) is 54.9 Å². The Morgan fingerprint density at radius 2 is 0.930 bits per heavy atom. The van der Waals surface area contributed by atoms with Crippen molar-refractivity contribution < 1.29 is 60.4 Å². The van der Waals surface area contributed by atoms with Crippen molar-refractivity contribution in [1.29, 1.82) is 5.53 Å². The number of nitrogens with one attached hydrogen (secondary N) is 5. The van der Waals surface area contributed by atoms with Crippen LogP contribution in [0.1, 0.15) is 94.4 Å². The van der Waals surface area contributed by atoms with Crippen molar-refractivity contribution in [2.45, 2.75) is 53.4 Å². The summed E-state index contributed by atoms with van der Waals surface area (Å²) in [5, 5.41) is 108. The van der Waals surface area contributed by atoms with E-state index in [1.54, 1.807) is 80.7 Å². The molecule has 86 heavy (non-hydrogen) atoms.